The van der Waals surface area contributed by atoms with E-state index in [9.17, 15) is 0 Å². The molecule has 0 aliphatic rings. The monoisotopic (exact) mass is 180 g/mol. The summed E-state index contributed by atoms with van der Waals surface area (Å²) in [7, 11) is 0. The van der Waals surface area contributed by atoms with E-state index in [0.717, 1.165) is 6.42 Å². The van der Waals surface area contributed by atoms with Gasteiger partial charge in [-0.15, -0.1) is 0 Å². The van der Waals surface area contributed by atoms with Crippen LogP contribution in [0.5, 0.6) is 11.6 Å². The van der Waals surface area contributed by atoms with E-state index in [1.54, 1.807) is 12.3 Å². The maximum absolute atomic E-state index is 5.42. The second kappa shape index (κ2) is 5.41. The molecule has 0 amide bonds. The zero-order valence-electron chi connectivity index (χ0n) is 8.04. The summed E-state index contributed by atoms with van der Waals surface area (Å²) in [6.45, 7) is 5.25. The van der Waals surface area contributed by atoms with Crippen molar-refractivity contribution in [1.82, 2.24) is 4.98 Å². The van der Waals surface area contributed by atoms with Crippen LogP contribution in [0, 0.1) is 6.07 Å². The summed E-state index contributed by atoms with van der Waals surface area (Å²) < 4.78 is 10.7. The van der Waals surface area contributed by atoms with E-state index in [-0.39, 0.29) is 0 Å². The molecule has 71 valence electrons. The number of rotatable bonds is 5. The van der Waals surface area contributed by atoms with Crippen molar-refractivity contribution in [3.63, 3.8) is 0 Å². The summed E-state index contributed by atoms with van der Waals surface area (Å²) in [6, 6.07) is 4.60. The molecule has 0 unspecified atom stereocenters. The van der Waals surface area contributed by atoms with Crippen LogP contribution in [-0.4, -0.2) is 18.2 Å². The summed E-state index contributed by atoms with van der Waals surface area (Å²) in [5.74, 6) is 1.22. The quantitative estimate of drug-likeness (QED) is 0.695. The number of pyridine rings is 1. The number of nitrogens with zero attached hydrogens (tertiary/aromatic N) is 1. The van der Waals surface area contributed by atoms with Gasteiger partial charge in [0.15, 0.2) is 5.75 Å². The van der Waals surface area contributed by atoms with Gasteiger partial charge in [-0.25, -0.2) is 4.98 Å². The number of aromatic nitrogens is 1. The third kappa shape index (κ3) is 2.93. The van der Waals surface area contributed by atoms with Crippen LogP contribution >= 0.6 is 0 Å². The van der Waals surface area contributed by atoms with Crippen LogP contribution in [0.4, 0.5) is 0 Å². The predicted octanol–water partition coefficient (Wildman–Crippen LogP) is 2.07. The van der Waals surface area contributed by atoms with Crippen molar-refractivity contribution in [2.75, 3.05) is 13.2 Å². The van der Waals surface area contributed by atoms with Gasteiger partial charge in [-0.05, 0) is 19.4 Å². The summed E-state index contributed by atoms with van der Waals surface area (Å²) >= 11 is 0. The Kier molecular flexibility index (Phi) is 4.09. The van der Waals surface area contributed by atoms with E-state index in [1.807, 2.05) is 6.92 Å². The van der Waals surface area contributed by atoms with Crippen LogP contribution in [0.1, 0.15) is 20.3 Å². The second-order valence-corrected chi connectivity index (χ2v) is 2.52. The Morgan fingerprint density at radius 3 is 2.92 bits per heavy atom. The van der Waals surface area contributed by atoms with E-state index in [4.69, 9.17) is 9.47 Å². The molecule has 1 aromatic rings. The van der Waals surface area contributed by atoms with Crippen molar-refractivity contribution >= 4 is 0 Å². The highest BCUT2D eigenvalue weighted by molar-refractivity contribution is 5.31. The van der Waals surface area contributed by atoms with Gasteiger partial charge >= 0.3 is 0 Å². The van der Waals surface area contributed by atoms with Crippen molar-refractivity contribution < 1.29 is 9.47 Å². The predicted molar refractivity (Wildman–Crippen MR) is 50.0 cm³/mol. The molecule has 0 aliphatic heterocycles. The van der Waals surface area contributed by atoms with Crippen molar-refractivity contribution in [2.24, 2.45) is 0 Å². The normalized spacial score (nSPS) is 9.69. The first-order chi connectivity index (χ1) is 6.38. The highest BCUT2D eigenvalue weighted by Gasteiger charge is 2.03. The molecule has 0 aliphatic carbocycles. The Morgan fingerprint density at radius 1 is 1.38 bits per heavy atom. The Hall–Kier alpha value is -1.25. The minimum absolute atomic E-state index is 0.551. The third-order valence-corrected chi connectivity index (χ3v) is 1.42. The van der Waals surface area contributed by atoms with Crippen LogP contribution in [-0.2, 0) is 0 Å². The Labute approximate surface area is 78.7 Å². The molecule has 3 heteroatoms. The van der Waals surface area contributed by atoms with E-state index in [1.165, 1.54) is 0 Å². The lowest BCUT2D eigenvalue weighted by atomic mass is 10.4. The Balaban J connectivity index is 2.66. The fourth-order valence-electron chi connectivity index (χ4n) is 0.895. The molecule has 0 saturated heterocycles. The Morgan fingerprint density at radius 2 is 2.23 bits per heavy atom. The average molecular weight is 180 g/mol. The van der Waals surface area contributed by atoms with E-state index in [2.05, 4.69) is 18.0 Å². The average Bonchev–Trinajstić information content (AvgIpc) is 2.17. The molecule has 0 aromatic carbocycles. The Bertz CT molecular complexity index is 250. The van der Waals surface area contributed by atoms with E-state index in [0.29, 0.717) is 24.8 Å². The largest absolute Gasteiger partial charge is 0.488 e. The van der Waals surface area contributed by atoms with Gasteiger partial charge < -0.3 is 9.47 Å². The molecule has 0 N–H and O–H groups in total. The molecule has 0 fully saturated rings. The number of ether oxygens (including phenoxy) is 2. The second-order valence-electron chi connectivity index (χ2n) is 2.52. The highest BCUT2D eigenvalue weighted by Crippen LogP contribution is 2.22. The SMILES string of the molecule is CCCOc1c[c]cnc1OCC. The molecule has 3 nitrogen and oxygen atoms in total. The van der Waals surface area contributed by atoms with Gasteiger partial charge in [0.1, 0.15) is 0 Å². The zero-order valence-corrected chi connectivity index (χ0v) is 8.04. The first kappa shape index (κ1) is 9.84. The third-order valence-electron chi connectivity index (χ3n) is 1.42. The van der Waals surface area contributed by atoms with Crippen molar-refractivity contribution in [2.45, 2.75) is 20.3 Å². The topological polar surface area (TPSA) is 31.4 Å². The molecule has 0 atom stereocenters. The van der Waals surface area contributed by atoms with E-state index < -0.39 is 0 Å². The lowest BCUT2D eigenvalue weighted by molar-refractivity contribution is 0.268. The fraction of sp³-hybridized carbons (Fsp3) is 0.500. The summed E-state index contributed by atoms with van der Waals surface area (Å²) in [5, 5.41) is 0. The standard InChI is InChI=1S/C10H14NO2/c1-3-8-13-9-6-5-7-11-10(9)12-4-2/h6-7H,3-4,8H2,1-2H3. The summed E-state index contributed by atoms with van der Waals surface area (Å²) in [6.07, 6.45) is 2.55. The molecule has 13 heavy (non-hydrogen) atoms. The van der Waals surface area contributed by atoms with Crippen molar-refractivity contribution in [3.05, 3.63) is 18.3 Å². The molecule has 1 heterocycles. The molecular weight excluding hydrogens is 166 g/mol. The lowest BCUT2D eigenvalue weighted by Gasteiger charge is -2.08. The molecular formula is C10H14NO2. The molecule has 1 aromatic heterocycles. The van der Waals surface area contributed by atoms with Gasteiger partial charge in [-0.1, -0.05) is 6.92 Å². The lowest BCUT2D eigenvalue weighted by Crippen LogP contribution is -2.01. The molecule has 0 saturated carbocycles. The smallest absolute Gasteiger partial charge is 0.257 e. The fourth-order valence-corrected chi connectivity index (χ4v) is 0.895. The first-order valence-electron chi connectivity index (χ1n) is 4.50. The van der Waals surface area contributed by atoms with Crippen LogP contribution in [0.15, 0.2) is 12.3 Å². The van der Waals surface area contributed by atoms with Gasteiger partial charge in [-0.2, -0.15) is 0 Å². The van der Waals surface area contributed by atoms with Crippen molar-refractivity contribution in [1.29, 1.82) is 0 Å². The van der Waals surface area contributed by atoms with Gasteiger partial charge in [0, 0.05) is 12.3 Å². The van der Waals surface area contributed by atoms with Crippen LogP contribution in [0.3, 0.4) is 0 Å². The van der Waals surface area contributed by atoms with Crippen LogP contribution in [0.2, 0.25) is 0 Å². The van der Waals surface area contributed by atoms with Crippen molar-refractivity contribution in [3.8, 4) is 11.6 Å². The molecule has 0 spiro atoms. The minimum atomic E-state index is 0.551. The van der Waals surface area contributed by atoms with Gasteiger partial charge in [0.25, 0.3) is 5.88 Å². The van der Waals surface area contributed by atoms with Gasteiger partial charge in [0.2, 0.25) is 0 Å². The van der Waals surface area contributed by atoms with E-state index >= 15 is 0 Å². The maximum atomic E-state index is 5.42. The zero-order chi connectivity index (χ0) is 9.52. The summed E-state index contributed by atoms with van der Waals surface area (Å²) in [5.41, 5.74) is 0. The molecule has 0 bridgehead atoms. The van der Waals surface area contributed by atoms with Gasteiger partial charge in [0.05, 0.1) is 13.2 Å². The molecule has 1 rings (SSSR count). The number of hydrogen-bond acceptors (Lipinski definition) is 3. The maximum Gasteiger partial charge on any atom is 0.257 e. The van der Waals surface area contributed by atoms with Crippen LogP contribution < -0.4 is 9.47 Å². The van der Waals surface area contributed by atoms with Gasteiger partial charge in [-0.3, -0.25) is 0 Å². The summed E-state index contributed by atoms with van der Waals surface area (Å²) in [4.78, 5) is 4.02. The van der Waals surface area contributed by atoms with Crippen LogP contribution in [0.25, 0.3) is 0 Å². The first-order valence-corrected chi connectivity index (χ1v) is 4.50. The number of hydrogen-bond donors (Lipinski definition) is 0. The minimum Gasteiger partial charge on any atom is -0.488 e. The highest BCUT2D eigenvalue weighted by atomic mass is 16.5. The molecule has 1 radical (unpaired) electrons.